The summed E-state index contributed by atoms with van der Waals surface area (Å²) in [6.07, 6.45) is 2.13. The highest BCUT2D eigenvalue weighted by molar-refractivity contribution is 6.31. The van der Waals surface area contributed by atoms with E-state index >= 15 is 0 Å². The molecule has 1 aromatic carbocycles. The van der Waals surface area contributed by atoms with Crippen LogP contribution in [0.2, 0.25) is 5.02 Å². The van der Waals surface area contributed by atoms with Crippen LogP contribution >= 0.6 is 11.6 Å². The number of ether oxygens (including phenoxy) is 2. The van der Waals surface area contributed by atoms with Gasteiger partial charge in [-0.05, 0) is 31.5 Å². The van der Waals surface area contributed by atoms with Crippen LogP contribution in [-0.4, -0.2) is 26.4 Å². The zero-order chi connectivity index (χ0) is 13.9. The Kier molecular flexibility index (Phi) is 8.63. The summed E-state index contributed by atoms with van der Waals surface area (Å²) in [5.74, 6) is 0.844. The lowest BCUT2D eigenvalue weighted by molar-refractivity contribution is 0.100. The third kappa shape index (κ3) is 6.28. The van der Waals surface area contributed by atoms with Crippen molar-refractivity contribution >= 4 is 11.6 Å². The Hall–Kier alpha value is -0.770. The first-order valence-electron chi connectivity index (χ1n) is 6.98. The van der Waals surface area contributed by atoms with Crippen LogP contribution in [0.4, 0.5) is 0 Å². The van der Waals surface area contributed by atoms with E-state index in [2.05, 4.69) is 19.2 Å². The Balaban J connectivity index is 2.48. The molecule has 4 heteroatoms. The van der Waals surface area contributed by atoms with E-state index in [1.165, 1.54) is 0 Å². The van der Waals surface area contributed by atoms with Crippen molar-refractivity contribution in [3.8, 4) is 5.75 Å². The van der Waals surface area contributed by atoms with E-state index < -0.39 is 0 Å². The minimum atomic E-state index is 0.557. The molecule has 1 N–H and O–H groups in total. The summed E-state index contributed by atoms with van der Waals surface area (Å²) in [6, 6.07) is 5.76. The molecule has 0 radical (unpaired) electrons. The molecule has 19 heavy (non-hydrogen) atoms. The van der Waals surface area contributed by atoms with E-state index in [0.29, 0.717) is 13.2 Å². The normalized spacial score (nSPS) is 10.7. The topological polar surface area (TPSA) is 30.5 Å². The van der Waals surface area contributed by atoms with Crippen molar-refractivity contribution in [1.82, 2.24) is 5.32 Å². The summed E-state index contributed by atoms with van der Waals surface area (Å²) >= 11 is 6.22. The van der Waals surface area contributed by atoms with Gasteiger partial charge in [0, 0.05) is 23.7 Å². The average molecular weight is 286 g/mol. The molecule has 0 aliphatic heterocycles. The maximum atomic E-state index is 6.22. The number of hydrogen-bond donors (Lipinski definition) is 1. The smallest absolute Gasteiger partial charge is 0.125 e. The van der Waals surface area contributed by atoms with Gasteiger partial charge in [0.05, 0.1) is 6.61 Å². The lowest BCUT2D eigenvalue weighted by atomic mass is 10.2. The van der Waals surface area contributed by atoms with E-state index in [1.807, 2.05) is 18.2 Å². The van der Waals surface area contributed by atoms with Crippen LogP contribution in [0.25, 0.3) is 0 Å². The maximum absolute atomic E-state index is 6.22. The molecule has 0 aliphatic rings. The Labute approximate surface area is 121 Å². The van der Waals surface area contributed by atoms with Gasteiger partial charge in [-0.2, -0.15) is 0 Å². The minimum Gasteiger partial charge on any atom is -0.491 e. The standard InChI is InChI=1S/C15H24ClNO2/c1-3-8-17-12-13-14(16)6-5-7-15(13)19-11-10-18-9-4-2/h5-7,17H,3-4,8-12H2,1-2H3. The first-order valence-corrected chi connectivity index (χ1v) is 7.36. The summed E-state index contributed by atoms with van der Waals surface area (Å²) in [7, 11) is 0. The van der Waals surface area contributed by atoms with E-state index in [1.54, 1.807) is 0 Å². The Bertz CT molecular complexity index is 358. The first-order chi connectivity index (χ1) is 9.29. The second kappa shape index (κ2) is 10.1. The van der Waals surface area contributed by atoms with Crippen molar-refractivity contribution in [3.63, 3.8) is 0 Å². The molecule has 0 bridgehead atoms. The molecule has 0 aromatic heterocycles. The molecule has 0 unspecified atom stereocenters. The van der Waals surface area contributed by atoms with Crippen LogP contribution in [0.5, 0.6) is 5.75 Å². The van der Waals surface area contributed by atoms with Gasteiger partial charge >= 0.3 is 0 Å². The third-order valence-electron chi connectivity index (χ3n) is 2.64. The first kappa shape index (κ1) is 16.3. The van der Waals surface area contributed by atoms with Crippen molar-refractivity contribution in [3.05, 3.63) is 28.8 Å². The summed E-state index contributed by atoms with van der Waals surface area (Å²) in [5.41, 5.74) is 1.02. The highest BCUT2D eigenvalue weighted by atomic mass is 35.5. The van der Waals surface area contributed by atoms with Crippen molar-refractivity contribution in [1.29, 1.82) is 0 Å². The van der Waals surface area contributed by atoms with Crippen LogP contribution in [0.1, 0.15) is 32.3 Å². The van der Waals surface area contributed by atoms with Gasteiger partial charge in [0.15, 0.2) is 0 Å². The second-order valence-electron chi connectivity index (χ2n) is 4.35. The molecule has 0 fully saturated rings. The van der Waals surface area contributed by atoms with Gasteiger partial charge in [-0.1, -0.05) is 31.5 Å². The highest BCUT2D eigenvalue weighted by Gasteiger charge is 2.07. The molecule has 0 saturated heterocycles. The Morgan fingerprint density at radius 2 is 1.95 bits per heavy atom. The van der Waals surface area contributed by atoms with Gasteiger partial charge in [0.25, 0.3) is 0 Å². The predicted octanol–water partition coefficient (Wildman–Crippen LogP) is 3.65. The predicted molar refractivity (Wildman–Crippen MR) is 80.1 cm³/mol. The number of nitrogens with one attached hydrogen (secondary N) is 1. The fourth-order valence-corrected chi connectivity index (χ4v) is 1.93. The number of halogens is 1. The zero-order valence-corrected chi connectivity index (χ0v) is 12.6. The van der Waals surface area contributed by atoms with Crippen molar-refractivity contribution in [2.45, 2.75) is 33.2 Å². The Morgan fingerprint density at radius 3 is 2.68 bits per heavy atom. The third-order valence-corrected chi connectivity index (χ3v) is 2.99. The maximum Gasteiger partial charge on any atom is 0.125 e. The largest absolute Gasteiger partial charge is 0.491 e. The number of benzene rings is 1. The fourth-order valence-electron chi connectivity index (χ4n) is 1.69. The molecule has 0 heterocycles. The van der Waals surface area contributed by atoms with Crippen LogP contribution in [-0.2, 0) is 11.3 Å². The van der Waals surface area contributed by atoms with Gasteiger partial charge in [-0.25, -0.2) is 0 Å². The van der Waals surface area contributed by atoms with Crippen molar-refractivity contribution in [2.75, 3.05) is 26.4 Å². The average Bonchev–Trinajstić information content (AvgIpc) is 2.41. The van der Waals surface area contributed by atoms with E-state index in [9.17, 15) is 0 Å². The molecular formula is C15H24ClNO2. The number of rotatable bonds is 10. The van der Waals surface area contributed by atoms with Crippen LogP contribution < -0.4 is 10.1 Å². The molecule has 0 spiro atoms. The Morgan fingerprint density at radius 1 is 1.11 bits per heavy atom. The monoisotopic (exact) mass is 285 g/mol. The quantitative estimate of drug-likeness (QED) is 0.666. The lowest BCUT2D eigenvalue weighted by Gasteiger charge is -2.13. The van der Waals surface area contributed by atoms with E-state index in [4.69, 9.17) is 21.1 Å². The van der Waals surface area contributed by atoms with Gasteiger partial charge < -0.3 is 14.8 Å². The van der Waals surface area contributed by atoms with Crippen molar-refractivity contribution in [2.24, 2.45) is 0 Å². The second-order valence-corrected chi connectivity index (χ2v) is 4.76. The highest BCUT2D eigenvalue weighted by Crippen LogP contribution is 2.26. The molecule has 108 valence electrons. The van der Waals surface area contributed by atoms with Crippen LogP contribution in [0.3, 0.4) is 0 Å². The molecule has 1 aromatic rings. The summed E-state index contributed by atoms with van der Waals surface area (Å²) in [4.78, 5) is 0. The summed E-state index contributed by atoms with van der Waals surface area (Å²) in [6.45, 7) is 7.90. The van der Waals surface area contributed by atoms with Gasteiger partial charge in [-0.15, -0.1) is 0 Å². The van der Waals surface area contributed by atoms with Crippen LogP contribution in [0.15, 0.2) is 18.2 Å². The molecule has 1 rings (SSSR count). The van der Waals surface area contributed by atoms with E-state index in [0.717, 1.165) is 48.9 Å². The summed E-state index contributed by atoms with van der Waals surface area (Å²) < 4.78 is 11.1. The zero-order valence-electron chi connectivity index (χ0n) is 11.9. The van der Waals surface area contributed by atoms with Gasteiger partial charge in [0.1, 0.15) is 12.4 Å². The van der Waals surface area contributed by atoms with Gasteiger partial charge in [-0.3, -0.25) is 0 Å². The van der Waals surface area contributed by atoms with E-state index in [-0.39, 0.29) is 0 Å². The molecule has 0 atom stereocenters. The summed E-state index contributed by atoms with van der Waals surface area (Å²) in [5, 5.41) is 4.09. The SMILES string of the molecule is CCCNCc1c(Cl)cccc1OCCOCCC. The number of hydrogen-bond acceptors (Lipinski definition) is 3. The minimum absolute atomic E-state index is 0.557. The molecule has 0 saturated carbocycles. The fraction of sp³-hybridized carbons (Fsp3) is 0.600. The molecular weight excluding hydrogens is 262 g/mol. The molecule has 0 amide bonds. The van der Waals surface area contributed by atoms with Crippen molar-refractivity contribution < 1.29 is 9.47 Å². The molecule has 0 aliphatic carbocycles. The van der Waals surface area contributed by atoms with Crippen LogP contribution in [0, 0.1) is 0 Å². The van der Waals surface area contributed by atoms with Gasteiger partial charge in [0.2, 0.25) is 0 Å². The molecule has 3 nitrogen and oxygen atoms in total. The lowest BCUT2D eigenvalue weighted by Crippen LogP contribution is -2.16.